The van der Waals surface area contributed by atoms with Gasteiger partial charge in [0.25, 0.3) is 0 Å². The van der Waals surface area contributed by atoms with Crippen molar-refractivity contribution in [3.8, 4) is 0 Å². The third-order valence-electron chi connectivity index (χ3n) is 2.24. The molecule has 2 rings (SSSR count). The highest BCUT2D eigenvalue weighted by Gasteiger charge is 2.08. The number of carbonyl (C=O) groups excluding carboxylic acids is 1. The third-order valence-corrected chi connectivity index (χ3v) is 4.71. The Hall–Kier alpha value is -1.02. The second-order valence-corrected chi connectivity index (χ2v) is 6.78. The van der Waals surface area contributed by atoms with Crippen LogP contribution in [-0.2, 0) is 11.3 Å². The number of benzene rings is 1. The van der Waals surface area contributed by atoms with E-state index in [2.05, 4.69) is 15.5 Å². The van der Waals surface area contributed by atoms with Gasteiger partial charge in [0, 0.05) is 16.6 Å². The van der Waals surface area contributed by atoms with Crippen LogP contribution in [0.25, 0.3) is 0 Å². The zero-order valence-electron chi connectivity index (χ0n) is 10.1. The second kappa shape index (κ2) is 7.12. The zero-order chi connectivity index (χ0) is 14.5. The topological polar surface area (TPSA) is 80.9 Å². The summed E-state index contributed by atoms with van der Waals surface area (Å²) < 4.78 is 0.669. The maximum absolute atomic E-state index is 11.7. The fourth-order valence-corrected chi connectivity index (χ4v) is 3.26. The van der Waals surface area contributed by atoms with Gasteiger partial charge in [-0.1, -0.05) is 52.4 Å². The lowest BCUT2D eigenvalue weighted by atomic mass is 10.2. The summed E-state index contributed by atoms with van der Waals surface area (Å²) in [6.07, 6.45) is 0. The van der Waals surface area contributed by atoms with E-state index in [1.807, 2.05) is 0 Å². The largest absolute Gasteiger partial charge is 0.374 e. The van der Waals surface area contributed by atoms with Gasteiger partial charge in [0.15, 0.2) is 4.34 Å². The van der Waals surface area contributed by atoms with Crippen molar-refractivity contribution < 1.29 is 4.79 Å². The van der Waals surface area contributed by atoms with Gasteiger partial charge in [-0.15, -0.1) is 10.2 Å². The minimum absolute atomic E-state index is 0.116. The first kappa shape index (κ1) is 15.4. The molecular weight excluding hydrogens is 339 g/mol. The number of carbonyl (C=O) groups is 1. The van der Waals surface area contributed by atoms with Crippen LogP contribution in [0.5, 0.6) is 0 Å². The zero-order valence-corrected chi connectivity index (χ0v) is 13.2. The molecule has 0 bridgehead atoms. The minimum atomic E-state index is -0.116. The van der Waals surface area contributed by atoms with Gasteiger partial charge in [-0.3, -0.25) is 4.79 Å². The van der Waals surface area contributed by atoms with Gasteiger partial charge in [-0.2, -0.15) is 0 Å². The van der Waals surface area contributed by atoms with Crippen LogP contribution < -0.4 is 11.1 Å². The molecule has 0 radical (unpaired) electrons. The molecule has 0 aliphatic rings. The molecule has 0 fully saturated rings. The van der Waals surface area contributed by atoms with E-state index in [1.165, 1.54) is 23.1 Å². The summed E-state index contributed by atoms with van der Waals surface area (Å²) in [5, 5.41) is 11.8. The molecule has 0 aliphatic heterocycles. The van der Waals surface area contributed by atoms with Crippen molar-refractivity contribution in [1.29, 1.82) is 0 Å². The Morgan fingerprint density at radius 3 is 2.85 bits per heavy atom. The van der Waals surface area contributed by atoms with Crippen molar-refractivity contribution in [1.82, 2.24) is 15.5 Å². The average molecular weight is 349 g/mol. The number of halogens is 2. The number of anilines is 1. The maximum Gasteiger partial charge on any atom is 0.230 e. The van der Waals surface area contributed by atoms with Crippen LogP contribution in [0, 0.1) is 0 Å². The molecular formula is C11H10Cl2N4OS2. The fraction of sp³-hybridized carbons (Fsp3) is 0.182. The normalized spacial score (nSPS) is 10.5. The van der Waals surface area contributed by atoms with Crippen LogP contribution in [0.15, 0.2) is 22.5 Å². The highest BCUT2D eigenvalue weighted by molar-refractivity contribution is 8.01. The molecule has 9 heteroatoms. The summed E-state index contributed by atoms with van der Waals surface area (Å²) in [5.74, 6) is 0.134. The predicted octanol–water partition coefficient (Wildman–Crippen LogP) is 2.84. The van der Waals surface area contributed by atoms with E-state index in [4.69, 9.17) is 28.9 Å². The molecule has 0 saturated heterocycles. The summed E-state index contributed by atoms with van der Waals surface area (Å²) >= 11 is 14.4. The van der Waals surface area contributed by atoms with Crippen LogP contribution >= 0.6 is 46.3 Å². The highest BCUT2D eigenvalue weighted by atomic mass is 35.5. The summed E-state index contributed by atoms with van der Waals surface area (Å²) in [5.41, 5.74) is 6.27. The van der Waals surface area contributed by atoms with Gasteiger partial charge < -0.3 is 11.1 Å². The molecule has 1 aromatic carbocycles. The highest BCUT2D eigenvalue weighted by Crippen LogP contribution is 2.23. The molecule has 1 amide bonds. The monoisotopic (exact) mass is 348 g/mol. The summed E-state index contributed by atoms with van der Waals surface area (Å²) in [7, 11) is 0. The van der Waals surface area contributed by atoms with Crippen molar-refractivity contribution in [2.45, 2.75) is 10.9 Å². The number of aromatic nitrogens is 2. The third kappa shape index (κ3) is 4.52. The Kier molecular flexibility index (Phi) is 5.47. The number of hydrogen-bond donors (Lipinski definition) is 2. The molecule has 20 heavy (non-hydrogen) atoms. The van der Waals surface area contributed by atoms with Crippen LogP contribution in [-0.4, -0.2) is 21.9 Å². The van der Waals surface area contributed by atoms with E-state index in [-0.39, 0.29) is 11.7 Å². The molecule has 1 aromatic heterocycles. The predicted molar refractivity (Wildman–Crippen MR) is 83.4 cm³/mol. The standard InChI is InChI=1S/C11H10Cl2N4OS2/c12-7-2-1-6(8(13)3-7)4-15-9(18)5-19-11-17-16-10(14)20-11/h1-3H,4-5H2,(H2,14,16)(H,15,18). The van der Waals surface area contributed by atoms with Crippen LogP contribution in [0.3, 0.4) is 0 Å². The first-order valence-corrected chi connectivity index (χ1v) is 8.03. The van der Waals surface area contributed by atoms with E-state index in [9.17, 15) is 4.79 Å². The number of amides is 1. The Balaban J connectivity index is 1.80. The number of thioether (sulfide) groups is 1. The van der Waals surface area contributed by atoms with E-state index >= 15 is 0 Å². The second-order valence-electron chi connectivity index (χ2n) is 3.71. The molecule has 2 aromatic rings. The quantitative estimate of drug-likeness (QED) is 0.812. The summed E-state index contributed by atoms with van der Waals surface area (Å²) in [6, 6.07) is 5.15. The molecule has 0 unspecified atom stereocenters. The summed E-state index contributed by atoms with van der Waals surface area (Å²) in [6.45, 7) is 0.355. The SMILES string of the molecule is Nc1nnc(SCC(=O)NCc2ccc(Cl)cc2Cl)s1. The molecule has 1 heterocycles. The lowest BCUT2D eigenvalue weighted by molar-refractivity contribution is -0.118. The average Bonchev–Trinajstić information content (AvgIpc) is 2.81. The van der Waals surface area contributed by atoms with Crippen LogP contribution in [0.1, 0.15) is 5.56 Å². The number of hydrogen-bond acceptors (Lipinski definition) is 6. The first-order valence-electron chi connectivity index (χ1n) is 5.47. The van der Waals surface area contributed by atoms with Crippen molar-refractivity contribution in [3.05, 3.63) is 33.8 Å². The first-order chi connectivity index (χ1) is 9.54. The number of nitrogen functional groups attached to an aromatic ring is 1. The molecule has 3 N–H and O–H groups in total. The molecule has 0 saturated carbocycles. The maximum atomic E-state index is 11.7. The van der Waals surface area contributed by atoms with Gasteiger partial charge in [0.1, 0.15) is 0 Å². The lowest BCUT2D eigenvalue weighted by Crippen LogP contribution is -2.24. The molecule has 0 atom stereocenters. The Morgan fingerprint density at radius 2 is 2.20 bits per heavy atom. The number of nitrogens with two attached hydrogens (primary N) is 1. The van der Waals surface area contributed by atoms with Gasteiger partial charge in [-0.25, -0.2) is 0 Å². The Labute approximate surface area is 133 Å². The van der Waals surface area contributed by atoms with Crippen LogP contribution in [0.2, 0.25) is 10.0 Å². The Bertz CT molecular complexity index is 620. The molecule has 106 valence electrons. The van der Waals surface area contributed by atoms with Gasteiger partial charge >= 0.3 is 0 Å². The molecule has 0 aliphatic carbocycles. The smallest absolute Gasteiger partial charge is 0.230 e. The molecule has 5 nitrogen and oxygen atoms in total. The van der Waals surface area contributed by atoms with E-state index < -0.39 is 0 Å². The molecule has 0 spiro atoms. The summed E-state index contributed by atoms with van der Waals surface area (Å²) in [4.78, 5) is 11.7. The van der Waals surface area contributed by atoms with E-state index in [1.54, 1.807) is 18.2 Å². The van der Waals surface area contributed by atoms with E-state index in [0.29, 0.717) is 26.1 Å². The van der Waals surface area contributed by atoms with Gasteiger partial charge in [0.05, 0.1) is 5.75 Å². The number of nitrogens with one attached hydrogen (secondary N) is 1. The van der Waals surface area contributed by atoms with Gasteiger partial charge in [0.2, 0.25) is 11.0 Å². The van der Waals surface area contributed by atoms with Crippen molar-refractivity contribution >= 4 is 57.3 Å². The fourth-order valence-electron chi connectivity index (χ4n) is 1.32. The lowest BCUT2D eigenvalue weighted by Gasteiger charge is -2.06. The van der Waals surface area contributed by atoms with Crippen molar-refractivity contribution in [3.63, 3.8) is 0 Å². The minimum Gasteiger partial charge on any atom is -0.374 e. The van der Waals surface area contributed by atoms with Crippen molar-refractivity contribution in [2.24, 2.45) is 0 Å². The van der Waals surface area contributed by atoms with Crippen molar-refractivity contribution in [2.75, 3.05) is 11.5 Å². The Morgan fingerprint density at radius 1 is 1.40 bits per heavy atom. The van der Waals surface area contributed by atoms with Gasteiger partial charge in [-0.05, 0) is 17.7 Å². The number of rotatable bonds is 5. The van der Waals surface area contributed by atoms with Crippen LogP contribution in [0.4, 0.5) is 5.13 Å². The van der Waals surface area contributed by atoms with E-state index in [0.717, 1.165) is 5.56 Å². The number of nitrogens with zero attached hydrogens (tertiary/aromatic N) is 2.